The molecule has 3 amide bonds. The summed E-state index contributed by atoms with van der Waals surface area (Å²) in [5.41, 5.74) is 1.82. The van der Waals surface area contributed by atoms with Crippen molar-refractivity contribution < 1.29 is 24.1 Å². The fourth-order valence-electron chi connectivity index (χ4n) is 4.36. The van der Waals surface area contributed by atoms with E-state index in [9.17, 15) is 29.3 Å². The average Bonchev–Trinajstić information content (AvgIpc) is 3.06. The van der Waals surface area contributed by atoms with Crippen LogP contribution in [0.3, 0.4) is 0 Å². The van der Waals surface area contributed by atoms with Gasteiger partial charge in [-0.1, -0.05) is 47.5 Å². The molecule has 2 aliphatic rings. The Hall–Kier alpha value is -4.14. The maximum absolute atomic E-state index is 13.5. The first-order valence-electron chi connectivity index (χ1n) is 10.9. The Morgan fingerprint density at radius 1 is 1.03 bits per heavy atom. The summed E-state index contributed by atoms with van der Waals surface area (Å²) in [5, 5.41) is 12.8. The van der Waals surface area contributed by atoms with Gasteiger partial charge in [0.2, 0.25) is 0 Å². The summed E-state index contributed by atoms with van der Waals surface area (Å²) < 4.78 is 0. The second kappa shape index (κ2) is 9.01. The minimum Gasteiger partial charge on any atom is -0.292 e. The van der Waals surface area contributed by atoms with Crippen LogP contribution < -0.4 is 0 Å². The van der Waals surface area contributed by atoms with Gasteiger partial charge in [-0.05, 0) is 32.8 Å². The number of hydrogen-bond donors (Lipinski definition) is 0. The monoisotopic (exact) mass is 461 g/mol. The van der Waals surface area contributed by atoms with E-state index < -0.39 is 46.8 Å². The highest BCUT2D eigenvalue weighted by Crippen LogP contribution is 2.38. The molecular formula is C25H23N3O6. The molecule has 1 aliphatic heterocycles. The van der Waals surface area contributed by atoms with E-state index in [0.29, 0.717) is 18.4 Å². The van der Waals surface area contributed by atoms with E-state index in [1.807, 2.05) is 19.9 Å². The third-order valence-corrected chi connectivity index (χ3v) is 6.25. The Labute approximate surface area is 195 Å². The number of nitrogens with zero attached hydrogens (tertiary/aromatic N) is 3. The second-order valence-corrected chi connectivity index (χ2v) is 8.65. The number of fused-ring (bicyclic) bond motifs is 1. The molecule has 1 heterocycles. The van der Waals surface area contributed by atoms with Crippen LogP contribution >= 0.6 is 0 Å². The largest absolute Gasteiger partial charge is 0.292 e. The number of nitro groups is 1. The lowest BCUT2D eigenvalue weighted by atomic mass is 9.82. The zero-order valence-electron chi connectivity index (χ0n) is 18.8. The van der Waals surface area contributed by atoms with Gasteiger partial charge in [-0.2, -0.15) is 5.01 Å². The van der Waals surface area contributed by atoms with Crippen LogP contribution in [0.1, 0.15) is 46.0 Å². The molecule has 1 fully saturated rings. The average molecular weight is 461 g/mol. The maximum atomic E-state index is 13.5. The molecule has 34 heavy (non-hydrogen) atoms. The Morgan fingerprint density at radius 3 is 2.38 bits per heavy atom. The zero-order chi connectivity index (χ0) is 24.6. The molecule has 0 bridgehead atoms. The van der Waals surface area contributed by atoms with Crippen molar-refractivity contribution in [2.45, 2.75) is 26.7 Å². The maximum Gasteiger partial charge on any atom is 0.273 e. The van der Waals surface area contributed by atoms with Gasteiger partial charge in [0, 0.05) is 23.3 Å². The lowest BCUT2D eigenvalue weighted by Gasteiger charge is -2.30. The number of amides is 3. The van der Waals surface area contributed by atoms with E-state index in [-0.39, 0.29) is 11.3 Å². The van der Waals surface area contributed by atoms with Crippen LogP contribution in [0.15, 0.2) is 60.2 Å². The number of imide groups is 1. The normalized spacial score (nSPS) is 19.5. The van der Waals surface area contributed by atoms with Crippen LogP contribution in [-0.2, 0) is 9.59 Å². The van der Waals surface area contributed by atoms with Crippen LogP contribution in [-0.4, -0.2) is 45.0 Å². The molecule has 0 saturated carbocycles. The van der Waals surface area contributed by atoms with Gasteiger partial charge < -0.3 is 0 Å². The number of carbonyl (C=O) groups excluding carboxylic acids is 4. The van der Waals surface area contributed by atoms with Gasteiger partial charge in [-0.3, -0.25) is 29.3 Å². The van der Waals surface area contributed by atoms with Crippen LogP contribution in [0.5, 0.6) is 0 Å². The van der Waals surface area contributed by atoms with Crippen LogP contribution in [0.4, 0.5) is 5.69 Å². The van der Waals surface area contributed by atoms with E-state index in [1.165, 1.54) is 18.2 Å². The smallest absolute Gasteiger partial charge is 0.273 e. The molecule has 0 unspecified atom stereocenters. The molecule has 2 aromatic carbocycles. The third kappa shape index (κ3) is 4.24. The number of ketones is 1. The molecule has 0 spiro atoms. The highest BCUT2D eigenvalue weighted by atomic mass is 16.6. The summed E-state index contributed by atoms with van der Waals surface area (Å²) in [7, 11) is 0. The van der Waals surface area contributed by atoms with E-state index >= 15 is 0 Å². The Bertz CT molecular complexity index is 1230. The van der Waals surface area contributed by atoms with Gasteiger partial charge in [0.05, 0.1) is 16.8 Å². The molecule has 1 saturated heterocycles. The lowest BCUT2D eigenvalue weighted by molar-refractivity contribution is -0.384. The number of rotatable bonds is 6. The van der Waals surface area contributed by atoms with E-state index in [4.69, 9.17) is 0 Å². The fourth-order valence-corrected chi connectivity index (χ4v) is 4.36. The van der Waals surface area contributed by atoms with Crippen molar-refractivity contribution in [3.63, 3.8) is 0 Å². The highest BCUT2D eigenvalue weighted by molar-refractivity contribution is 6.09. The Kier molecular flexibility index (Phi) is 6.10. The number of carbonyl (C=O) groups is 4. The van der Waals surface area contributed by atoms with Crippen molar-refractivity contribution in [1.29, 1.82) is 0 Å². The summed E-state index contributed by atoms with van der Waals surface area (Å²) in [6.45, 7) is 3.18. The van der Waals surface area contributed by atoms with Gasteiger partial charge in [0.25, 0.3) is 23.4 Å². The molecular weight excluding hydrogens is 438 g/mol. The van der Waals surface area contributed by atoms with Gasteiger partial charge in [0.1, 0.15) is 6.54 Å². The van der Waals surface area contributed by atoms with Gasteiger partial charge >= 0.3 is 0 Å². The van der Waals surface area contributed by atoms with Crippen LogP contribution in [0.25, 0.3) is 0 Å². The van der Waals surface area contributed by atoms with Crippen molar-refractivity contribution in [1.82, 2.24) is 10.0 Å². The molecule has 9 nitrogen and oxygen atoms in total. The van der Waals surface area contributed by atoms with Crippen molar-refractivity contribution in [2.75, 3.05) is 6.54 Å². The van der Waals surface area contributed by atoms with E-state index in [0.717, 1.165) is 27.2 Å². The third-order valence-electron chi connectivity index (χ3n) is 6.25. The second-order valence-electron chi connectivity index (χ2n) is 8.65. The van der Waals surface area contributed by atoms with Gasteiger partial charge in [0.15, 0.2) is 5.78 Å². The number of aryl methyl sites for hydroxylation is 1. The predicted octanol–water partition coefficient (Wildman–Crippen LogP) is 3.48. The summed E-state index contributed by atoms with van der Waals surface area (Å²) in [6.07, 6.45) is 2.68. The molecule has 0 radical (unpaired) electrons. The number of hydrogen-bond acceptors (Lipinski definition) is 6. The standard InChI is InChI=1S/C25H23N3O6/c1-15-6-9-17(10-7-15)22(29)14-26(23(30)18-4-3-5-19(13-18)28(33)34)27-24(31)20-11-8-16(2)12-21(20)25(27)32/h3-10,13,20-21H,11-12,14H2,1-2H3/t20-,21+/m0/s1. The molecule has 0 aromatic heterocycles. The molecule has 174 valence electrons. The fraction of sp³-hybridized carbons (Fsp3) is 0.280. The number of Topliss-reactive ketones (excluding diaryl/α,β-unsaturated/α-hetero) is 1. The lowest BCUT2D eigenvalue weighted by Crippen LogP contribution is -2.52. The first-order chi connectivity index (χ1) is 16.2. The zero-order valence-corrected chi connectivity index (χ0v) is 18.8. The first-order valence-corrected chi connectivity index (χ1v) is 10.9. The molecule has 0 N–H and O–H groups in total. The van der Waals surface area contributed by atoms with Crippen LogP contribution in [0, 0.1) is 28.9 Å². The highest BCUT2D eigenvalue weighted by Gasteiger charge is 2.51. The van der Waals surface area contributed by atoms with Crippen molar-refractivity contribution in [2.24, 2.45) is 11.8 Å². The van der Waals surface area contributed by atoms with Gasteiger partial charge in [-0.15, -0.1) is 0 Å². The molecule has 9 heteroatoms. The van der Waals surface area contributed by atoms with Gasteiger partial charge in [-0.25, -0.2) is 5.01 Å². The number of hydrazine groups is 1. The van der Waals surface area contributed by atoms with E-state index in [1.54, 1.807) is 24.3 Å². The Morgan fingerprint density at radius 2 is 1.71 bits per heavy atom. The molecule has 2 atom stereocenters. The quantitative estimate of drug-likeness (QED) is 0.214. The SMILES string of the molecule is CC1=CC[C@@H]2C(=O)N(N(CC(=O)c3ccc(C)cc3)C(=O)c3cccc([N+](=O)[O-])c3)C(=O)[C@@H]2C1. The summed E-state index contributed by atoms with van der Waals surface area (Å²) >= 11 is 0. The minimum absolute atomic E-state index is 0.101. The van der Waals surface area contributed by atoms with Crippen molar-refractivity contribution in [3.05, 3.63) is 87.0 Å². The summed E-state index contributed by atoms with van der Waals surface area (Å²) in [4.78, 5) is 63.6. The molecule has 1 aliphatic carbocycles. The molecule has 4 rings (SSSR count). The van der Waals surface area contributed by atoms with Crippen LogP contribution in [0.2, 0.25) is 0 Å². The molecule has 2 aromatic rings. The van der Waals surface area contributed by atoms with Crippen molar-refractivity contribution >= 4 is 29.2 Å². The number of non-ortho nitro benzene ring substituents is 1. The number of allylic oxidation sites excluding steroid dienone is 2. The number of benzene rings is 2. The summed E-state index contributed by atoms with van der Waals surface area (Å²) in [5.74, 6) is -3.61. The Balaban J connectivity index is 1.71. The van der Waals surface area contributed by atoms with E-state index in [2.05, 4.69) is 0 Å². The first kappa shape index (κ1) is 23.0. The van der Waals surface area contributed by atoms with Crippen molar-refractivity contribution in [3.8, 4) is 0 Å². The predicted molar refractivity (Wildman–Crippen MR) is 121 cm³/mol. The topological polar surface area (TPSA) is 118 Å². The number of nitro benzene ring substituents is 1. The summed E-state index contributed by atoms with van der Waals surface area (Å²) in [6, 6.07) is 11.7. The minimum atomic E-state index is -0.839.